The maximum absolute atomic E-state index is 13.0. The summed E-state index contributed by atoms with van der Waals surface area (Å²) >= 11 is 0. The lowest BCUT2D eigenvalue weighted by molar-refractivity contribution is -0.137. The van der Waals surface area contributed by atoms with Crippen molar-refractivity contribution in [2.75, 3.05) is 57.9 Å². The fraction of sp³-hybridized carbons (Fsp3) is 0.478. The number of rotatable bonds is 8. The van der Waals surface area contributed by atoms with Gasteiger partial charge in [-0.3, -0.25) is 9.59 Å². The van der Waals surface area contributed by atoms with E-state index in [0.29, 0.717) is 56.3 Å². The van der Waals surface area contributed by atoms with Crippen LogP contribution in [0.3, 0.4) is 0 Å². The summed E-state index contributed by atoms with van der Waals surface area (Å²) in [6.45, 7) is 4.31. The molecule has 2 heterocycles. The van der Waals surface area contributed by atoms with Gasteiger partial charge in [0.1, 0.15) is 5.76 Å². The molecule has 7 nitrogen and oxygen atoms in total. The second-order valence-corrected chi connectivity index (χ2v) is 7.84. The number of aryl methyl sites for hydroxylation is 1. The number of carbonyl (C=O) groups is 2. The second kappa shape index (κ2) is 10.7. The molecule has 1 aliphatic heterocycles. The summed E-state index contributed by atoms with van der Waals surface area (Å²) in [4.78, 5) is 30.7. The van der Waals surface area contributed by atoms with Gasteiger partial charge in [-0.2, -0.15) is 13.2 Å². The molecule has 0 radical (unpaired) electrons. The number of ether oxygens (including phenoxy) is 1. The van der Waals surface area contributed by atoms with E-state index in [1.165, 1.54) is 12.3 Å². The highest BCUT2D eigenvalue weighted by Gasteiger charge is 2.31. The number of furan rings is 1. The third-order valence-electron chi connectivity index (χ3n) is 5.71. The van der Waals surface area contributed by atoms with Gasteiger partial charge in [0.05, 0.1) is 24.0 Å². The third-order valence-corrected chi connectivity index (χ3v) is 5.71. The molecule has 10 heteroatoms. The van der Waals surface area contributed by atoms with Gasteiger partial charge in [-0.15, -0.1) is 0 Å². The third kappa shape index (κ3) is 6.28. The van der Waals surface area contributed by atoms with E-state index in [9.17, 15) is 22.8 Å². The Kier molecular flexibility index (Phi) is 8.01. The van der Waals surface area contributed by atoms with E-state index in [4.69, 9.17) is 9.15 Å². The Bertz CT molecular complexity index is 952. The number of hydrogen-bond acceptors (Lipinski definition) is 5. The fourth-order valence-corrected chi connectivity index (χ4v) is 3.78. The number of alkyl halides is 3. The van der Waals surface area contributed by atoms with Crippen LogP contribution in [-0.4, -0.2) is 74.6 Å². The number of piperazine rings is 1. The molecule has 0 saturated carbocycles. The molecule has 33 heavy (non-hydrogen) atoms. The Hall–Kier alpha value is -3.01. The van der Waals surface area contributed by atoms with Crippen molar-refractivity contribution in [2.24, 2.45) is 0 Å². The van der Waals surface area contributed by atoms with Crippen molar-refractivity contribution in [1.29, 1.82) is 0 Å². The minimum Gasteiger partial charge on any atom is -0.469 e. The number of hydrogen-bond donors (Lipinski definition) is 0. The van der Waals surface area contributed by atoms with E-state index in [-0.39, 0.29) is 24.8 Å². The first-order valence-electron chi connectivity index (χ1n) is 10.7. The quantitative estimate of drug-likeness (QED) is 0.595. The van der Waals surface area contributed by atoms with Crippen molar-refractivity contribution in [2.45, 2.75) is 19.5 Å². The Morgan fingerprint density at radius 3 is 2.45 bits per heavy atom. The molecule has 180 valence electrons. The molecule has 0 atom stereocenters. The summed E-state index contributed by atoms with van der Waals surface area (Å²) in [5, 5.41) is 0. The van der Waals surface area contributed by atoms with Crippen LogP contribution in [0, 0.1) is 6.92 Å². The molecule has 1 aliphatic rings. The normalized spacial score (nSPS) is 14.5. The topological polar surface area (TPSA) is 66.2 Å². The van der Waals surface area contributed by atoms with Gasteiger partial charge in [0.25, 0.3) is 5.91 Å². The Morgan fingerprint density at radius 2 is 1.85 bits per heavy atom. The maximum Gasteiger partial charge on any atom is 0.416 e. The van der Waals surface area contributed by atoms with Gasteiger partial charge in [-0.25, -0.2) is 0 Å². The van der Waals surface area contributed by atoms with Gasteiger partial charge in [0.15, 0.2) is 0 Å². The van der Waals surface area contributed by atoms with Crippen LogP contribution in [-0.2, 0) is 15.7 Å². The first-order chi connectivity index (χ1) is 15.7. The molecule has 1 saturated heterocycles. The van der Waals surface area contributed by atoms with Crippen LogP contribution >= 0.6 is 0 Å². The highest BCUT2D eigenvalue weighted by atomic mass is 19.4. The number of methoxy groups -OCH3 is 1. The molecule has 0 aliphatic carbocycles. The van der Waals surface area contributed by atoms with Crippen LogP contribution in [0.25, 0.3) is 0 Å². The van der Waals surface area contributed by atoms with Gasteiger partial charge >= 0.3 is 6.18 Å². The van der Waals surface area contributed by atoms with Crippen molar-refractivity contribution in [1.82, 2.24) is 9.80 Å². The zero-order chi connectivity index (χ0) is 24.0. The molecule has 0 bridgehead atoms. The largest absolute Gasteiger partial charge is 0.469 e. The van der Waals surface area contributed by atoms with Crippen LogP contribution < -0.4 is 4.90 Å². The molecule has 0 unspecified atom stereocenters. The second-order valence-electron chi connectivity index (χ2n) is 7.84. The summed E-state index contributed by atoms with van der Waals surface area (Å²) in [5.41, 5.74) is 0.254. The molecule has 2 amide bonds. The SMILES string of the molecule is COCCN(CCC(=O)N1CCN(c2cccc(C(F)(F)F)c2)CC1)C(=O)c1ccoc1C. The van der Waals surface area contributed by atoms with E-state index in [0.717, 1.165) is 12.1 Å². The standard InChI is InChI=1S/C23H28F3N3O4/c1-17-20(7-14-33-17)22(31)29(13-15-32-2)8-6-21(30)28-11-9-27(10-12-28)19-5-3-4-18(16-19)23(24,25)26/h3-5,7,14,16H,6,8-13,15H2,1-2H3. The van der Waals surface area contributed by atoms with E-state index >= 15 is 0 Å². The molecule has 0 N–H and O–H groups in total. The lowest BCUT2D eigenvalue weighted by Gasteiger charge is -2.36. The molecular formula is C23H28F3N3O4. The number of halogens is 3. The number of nitrogens with zero attached hydrogens (tertiary/aromatic N) is 3. The number of benzene rings is 1. The van der Waals surface area contributed by atoms with E-state index in [2.05, 4.69) is 0 Å². The molecule has 1 aromatic heterocycles. The van der Waals surface area contributed by atoms with Crippen LogP contribution in [0.5, 0.6) is 0 Å². The zero-order valence-electron chi connectivity index (χ0n) is 18.7. The Labute approximate surface area is 190 Å². The smallest absolute Gasteiger partial charge is 0.416 e. The summed E-state index contributed by atoms with van der Waals surface area (Å²) in [6.07, 6.45) is -2.79. The van der Waals surface area contributed by atoms with E-state index in [1.807, 2.05) is 4.90 Å². The molecule has 0 spiro atoms. The van der Waals surface area contributed by atoms with Crippen LogP contribution in [0.15, 0.2) is 41.0 Å². The number of carbonyl (C=O) groups excluding carboxylic acids is 2. The summed E-state index contributed by atoms with van der Waals surface area (Å²) in [5.74, 6) is 0.192. The number of amides is 2. The molecule has 1 aromatic carbocycles. The van der Waals surface area contributed by atoms with Crippen LogP contribution in [0.1, 0.15) is 28.1 Å². The minimum atomic E-state index is -4.39. The summed E-state index contributed by atoms with van der Waals surface area (Å²) < 4.78 is 49.3. The Balaban J connectivity index is 1.54. The van der Waals surface area contributed by atoms with Gasteiger partial charge in [-0.05, 0) is 31.2 Å². The molecule has 1 fully saturated rings. The molecule has 3 rings (SSSR count). The predicted octanol–water partition coefficient (Wildman–Crippen LogP) is 3.43. The van der Waals surface area contributed by atoms with Gasteiger partial charge < -0.3 is 23.9 Å². The van der Waals surface area contributed by atoms with Crippen molar-refractivity contribution >= 4 is 17.5 Å². The van der Waals surface area contributed by atoms with Crippen LogP contribution in [0.2, 0.25) is 0 Å². The Morgan fingerprint density at radius 1 is 1.12 bits per heavy atom. The van der Waals surface area contributed by atoms with Crippen molar-refractivity contribution in [3.05, 3.63) is 53.5 Å². The average molecular weight is 467 g/mol. The summed E-state index contributed by atoms with van der Waals surface area (Å²) in [7, 11) is 1.54. The lowest BCUT2D eigenvalue weighted by atomic mass is 10.1. The van der Waals surface area contributed by atoms with Gasteiger partial charge in [0.2, 0.25) is 5.91 Å². The molecule has 2 aromatic rings. The van der Waals surface area contributed by atoms with Crippen molar-refractivity contribution in [3.8, 4) is 0 Å². The maximum atomic E-state index is 13.0. The minimum absolute atomic E-state index is 0.0992. The summed E-state index contributed by atoms with van der Waals surface area (Å²) in [6, 6.07) is 6.82. The highest BCUT2D eigenvalue weighted by Crippen LogP contribution is 2.31. The fourth-order valence-electron chi connectivity index (χ4n) is 3.78. The van der Waals surface area contributed by atoms with Crippen molar-refractivity contribution in [3.63, 3.8) is 0 Å². The lowest BCUT2D eigenvalue weighted by Crippen LogP contribution is -2.49. The van der Waals surface area contributed by atoms with Crippen LogP contribution in [0.4, 0.5) is 18.9 Å². The van der Waals surface area contributed by atoms with Crippen molar-refractivity contribution < 1.29 is 31.9 Å². The highest BCUT2D eigenvalue weighted by molar-refractivity contribution is 5.95. The first kappa shape index (κ1) is 24.6. The van der Waals surface area contributed by atoms with E-state index in [1.54, 1.807) is 36.0 Å². The molecular weight excluding hydrogens is 439 g/mol. The van der Waals surface area contributed by atoms with E-state index < -0.39 is 11.7 Å². The van der Waals surface area contributed by atoms with Gasteiger partial charge in [0, 0.05) is 58.5 Å². The van der Waals surface area contributed by atoms with Gasteiger partial charge in [-0.1, -0.05) is 6.07 Å². The first-order valence-corrected chi connectivity index (χ1v) is 10.7. The monoisotopic (exact) mass is 467 g/mol. The number of anilines is 1. The predicted molar refractivity (Wildman–Crippen MR) is 116 cm³/mol. The average Bonchev–Trinajstić information content (AvgIpc) is 3.24. The zero-order valence-corrected chi connectivity index (χ0v) is 18.7.